The Morgan fingerprint density at radius 2 is 2.03 bits per heavy atom. The molecule has 9 nitrogen and oxygen atoms in total. The second kappa shape index (κ2) is 8.79. The minimum atomic E-state index is -0.481. The highest BCUT2D eigenvalue weighted by atomic mass is 19.1. The Morgan fingerprint density at radius 3 is 2.76 bits per heavy atom. The fourth-order valence-electron chi connectivity index (χ4n) is 4.52. The largest absolute Gasteiger partial charge is 0.494 e. The Labute approximate surface area is 194 Å². The predicted octanol–water partition coefficient (Wildman–Crippen LogP) is 2.01. The van der Waals surface area contributed by atoms with Gasteiger partial charge >= 0.3 is 5.69 Å². The van der Waals surface area contributed by atoms with Crippen LogP contribution in [-0.2, 0) is 6.54 Å². The zero-order valence-electron chi connectivity index (χ0n) is 19.0. The van der Waals surface area contributed by atoms with E-state index in [1.165, 1.54) is 20.2 Å². The monoisotopic (exact) mass is 464 g/mol. The molecule has 0 bridgehead atoms. The van der Waals surface area contributed by atoms with E-state index in [4.69, 9.17) is 4.74 Å². The van der Waals surface area contributed by atoms with E-state index in [0.29, 0.717) is 49.7 Å². The van der Waals surface area contributed by atoms with Crippen molar-refractivity contribution in [1.29, 1.82) is 0 Å². The lowest BCUT2D eigenvalue weighted by Crippen LogP contribution is -2.46. The summed E-state index contributed by atoms with van der Waals surface area (Å²) < 4.78 is 21.9. The summed E-state index contributed by atoms with van der Waals surface area (Å²) in [5, 5.41) is 2.50. The summed E-state index contributed by atoms with van der Waals surface area (Å²) in [7, 11) is 2.98. The molecule has 1 saturated heterocycles. The minimum absolute atomic E-state index is 0.196. The molecular formula is C24H25FN6O3. The van der Waals surface area contributed by atoms with Gasteiger partial charge in [0, 0.05) is 57.7 Å². The zero-order chi connectivity index (χ0) is 23.8. The van der Waals surface area contributed by atoms with Crippen molar-refractivity contribution in [2.24, 2.45) is 0 Å². The van der Waals surface area contributed by atoms with E-state index >= 15 is 0 Å². The number of anilines is 1. The third kappa shape index (κ3) is 3.86. The Hall–Kier alpha value is -3.92. The second-order valence-electron chi connectivity index (χ2n) is 8.28. The Morgan fingerprint density at radius 1 is 1.24 bits per heavy atom. The van der Waals surface area contributed by atoms with Crippen LogP contribution in [0.5, 0.6) is 5.75 Å². The number of rotatable bonds is 5. The molecule has 0 aliphatic carbocycles. The van der Waals surface area contributed by atoms with Crippen LogP contribution < -0.4 is 20.6 Å². The van der Waals surface area contributed by atoms with E-state index in [-0.39, 0.29) is 17.2 Å². The van der Waals surface area contributed by atoms with Crippen molar-refractivity contribution in [1.82, 2.24) is 24.6 Å². The average molecular weight is 465 g/mol. The molecule has 0 saturated carbocycles. The average Bonchev–Trinajstić information content (AvgIpc) is 3.34. The molecule has 4 aromatic rings. The smallest absolute Gasteiger partial charge is 0.330 e. The fraction of sp³-hybridized carbons (Fsp3) is 0.292. The predicted molar refractivity (Wildman–Crippen MR) is 127 cm³/mol. The quantitative estimate of drug-likeness (QED) is 0.469. The summed E-state index contributed by atoms with van der Waals surface area (Å²) in [4.78, 5) is 35.9. The van der Waals surface area contributed by atoms with Crippen LogP contribution in [0.25, 0.3) is 16.6 Å². The molecule has 1 amide bonds. The molecule has 176 valence electrons. The molecule has 0 spiro atoms. The van der Waals surface area contributed by atoms with Crippen LogP contribution in [-0.4, -0.2) is 65.5 Å². The Balaban J connectivity index is 1.31. The molecule has 4 heterocycles. The molecule has 1 aromatic carbocycles. The lowest BCUT2D eigenvalue weighted by atomic mass is 10.1. The van der Waals surface area contributed by atoms with Gasteiger partial charge in [0.15, 0.2) is 5.82 Å². The molecule has 0 atom stereocenters. The highest BCUT2D eigenvalue weighted by Crippen LogP contribution is 2.33. The summed E-state index contributed by atoms with van der Waals surface area (Å²) in [5.74, 6) is -0.506. The first-order chi connectivity index (χ1) is 16.5. The van der Waals surface area contributed by atoms with Gasteiger partial charge in [0.05, 0.1) is 18.1 Å². The van der Waals surface area contributed by atoms with Crippen molar-refractivity contribution in [3.63, 3.8) is 0 Å². The van der Waals surface area contributed by atoms with Crippen LogP contribution in [0, 0.1) is 5.82 Å². The number of nitrogens with zero attached hydrogens (tertiary/aromatic N) is 4. The van der Waals surface area contributed by atoms with Gasteiger partial charge in [0.25, 0.3) is 5.91 Å². The van der Waals surface area contributed by atoms with Gasteiger partial charge in [0.1, 0.15) is 17.0 Å². The van der Waals surface area contributed by atoms with E-state index in [9.17, 15) is 14.0 Å². The van der Waals surface area contributed by atoms with Crippen molar-refractivity contribution in [3.05, 3.63) is 70.2 Å². The molecule has 1 fully saturated rings. The summed E-state index contributed by atoms with van der Waals surface area (Å²) in [6.45, 7) is 3.31. The summed E-state index contributed by atoms with van der Waals surface area (Å²) in [6.07, 6.45) is 3.55. The number of piperazine rings is 1. The maximum absolute atomic E-state index is 14.9. The molecule has 5 rings (SSSR count). The van der Waals surface area contributed by atoms with Crippen LogP contribution in [0.1, 0.15) is 15.9 Å². The van der Waals surface area contributed by atoms with Gasteiger partial charge in [-0.1, -0.05) is 0 Å². The molecule has 10 heteroatoms. The first-order valence-corrected chi connectivity index (χ1v) is 11.0. The number of aromatic amines is 1. The number of benzene rings is 1. The van der Waals surface area contributed by atoms with Crippen molar-refractivity contribution in [3.8, 4) is 5.75 Å². The number of nitrogens with one attached hydrogen (secondary N) is 2. The van der Waals surface area contributed by atoms with E-state index in [2.05, 4.69) is 20.2 Å². The number of hydrogen-bond acceptors (Lipinski definition) is 6. The van der Waals surface area contributed by atoms with Gasteiger partial charge in [-0.2, -0.15) is 0 Å². The molecule has 34 heavy (non-hydrogen) atoms. The zero-order valence-corrected chi connectivity index (χ0v) is 19.0. The van der Waals surface area contributed by atoms with Crippen molar-refractivity contribution < 1.29 is 13.9 Å². The van der Waals surface area contributed by atoms with E-state index < -0.39 is 5.82 Å². The van der Waals surface area contributed by atoms with Gasteiger partial charge in [-0.3, -0.25) is 19.1 Å². The topological polar surface area (TPSA) is 95.0 Å². The lowest BCUT2D eigenvalue weighted by molar-refractivity contribution is 0.0962. The highest BCUT2D eigenvalue weighted by molar-refractivity contribution is 5.95. The number of fused-ring (bicyclic) bond motifs is 3. The Bertz CT molecular complexity index is 1440. The van der Waals surface area contributed by atoms with Crippen LogP contribution in [0.15, 0.2) is 47.5 Å². The number of ether oxygens (including phenoxy) is 1. The number of methoxy groups -OCH3 is 1. The number of pyridine rings is 1. The van der Waals surface area contributed by atoms with Gasteiger partial charge in [-0.15, -0.1) is 0 Å². The molecule has 2 N–H and O–H groups in total. The number of hydrogen-bond donors (Lipinski definition) is 2. The van der Waals surface area contributed by atoms with Gasteiger partial charge in [-0.05, 0) is 35.9 Å². The third-order valence-corrected chi connectivity index (χ3v) is 6.23. The standard InChI is InChI=1S/C24H25FN6O3/c1-26-23(32)16-11-17(25)22(20(12-16)34-2)30-8-6-29(7-9-30)14-15-10-18-21(27-13-15)19-4-3-5-31(19)24(33)28-18/h3-5,10-13H,6-9,14H2,1-2H3,(H,26,32)(H,28,33). The summed E-state index contributed by atoms with van der Waals surface area (Å²) in [5.41, 5.74) is 3.62. The molecule has 0 unspecified atom stereocenters. The van der Waals surface area contributed by atoms with Crippen molar-refractivity contribution >= 4 is 28.1 Å². The number of halogens is 1. The lowest BCUT2D eigenvalue weighted by Gasteiger charge is -2.36. The van der Waals surface area contributed by atoms with Crippen LogP contribution in [0.2, 0.25) is 0 Å². The van der Waals surface area contributed by atoms with Crippen LogP contribution >= 0.6 is 0 Å². The molecule has 1 aliphatic heterocycles. The van der Waals surface area contributed by atoms with Crippen molar-refractivity contribution in [2.75, 3.05) is 45.2 Å². The van der Waals surface area contributed by atoms with Gasteiger partial charge in [0.2, 0.25) is 0 Å². The van der Waals surface area contributed by atoms with E-state index in [0.717, 1.165) is 16.6 Å². The van der Waals surface area contributed by atoms with E-state index in [1.807, 2.05) is 29.3 Å². The summed E-state index contributed by atoms with van der Waals surface area (Å²) in [6, 6.07) is 8.46. The normalized spacial score (nSPS) is 14.6. The van der Waals surface area contributed by atoms with E-state index in [1.54, 1.807) is 16.7 Å². The van der Waals surface area contributed by atoms with Gasteiger partial charge < -0.3 is 19.9 Å². The first-order valence-electron chi connectivity index (χ1n) is 11.0. The Kier molecular flexibility index (Phi) is 5.66. The maximum Gasteiger partial charge on any atom is 0.330 e. The highest BCUT2D eigenvalue weighted by Gasteiger charge is 2.24. The minimum Gasteiger partial charge on any atom is -0.494 e. The van der Waals surface area contributed by atoms with Crippen molar-refractivity contribution in [2.45, 2.75) is 6.54 Å². The molecular weight excluding hydrogens is 439 g/mol. The molecule has 1 aliphatic rings. The second-order valence-corrected chi connectivity index (χ2v) is 8.28. The number of aromatic nitrogens is 3. The first kappa shape index (κ1) is 21.9. The number of carbonyl (C=O) groups excluding carboxylic acids is 1. The number of amides is 1. The summed E-state index contributed by atoms with van der Waals surface area (Å²) >= 11 is 0. The maximum atomic E-state index is 14.9. The third-order valence-electron chi connectivity index (χ3n) is 6.23. The SMILES string of the molecule is CNC(=O)c1cc(F)c(N2CCN(Cc3cnc4c(c3)[nH]c(=O)n3cccc43)CC2)c(OC)c1. The van der Waals surface area contributed by atoms with Crippen LogP contribution in [0.4, 0.5) is 10.1 Å². The number of carbonyl (C=O) groups is 1. The van der Waals surface area contributed by atoms with Crippen LogP contribution in [0.3, 0.4) is 0 Å². The molecule has 3 aromatic heterocycles. The van der Waals surface area contributed by atoms with Gasteiger partial charge in [-0.25, -0.2) is 9.18 Å². The number of H-pyrrole nitrogens is 1. The molecule has 0 radical (unpaired) electrons. The fourth-order valence-corrected chi connectivity index (χ4v) is 4.52.